The molecule has 0 bridgehead atoms. The number of halogens is 2. The summed E-state index contributed by atoms with van der Waals surface area (Å²) in [5, 5.41) is 3.79. The van der Waals surface area contributed by atoms with Gasteiger partial charge >= 0.3 is 5.97 Å². The Bertz CT molecular complexity index is 597. The normalized spacial score (nSPS) is 10.3. The zero-order valence-electron chi connectivity index (χ0n) is 10.1. The zero-order valence-corrected chi connectivity index (χ0v) is 13.0. The molecule has 1 heterocycles. The van der Waals surface area contributed by atoms with Crippen molar-refractivity contribution >= 4 is 45.8 Å². The highest BCUT2D eigenvalue weighted by Crippen LogP contribution is 2.24. The van der Waals surface area contributed by atoms with E-state index in [0.29, 0.717) is 22.9 Å². The van der Waals surface area contributed by atoms with Crippen LogP contribution in [-0.2, 0) is 11.3 Å². The lowest BCUT2D eigenvalue weighted by Gasteiger charge is -2.06. The van der Waals surface area contributed by atoms with Crippen LogP contribution in [0.3, 0.4) is 0 Å². The van der Waals surface area contributed by atoms with E-state index >= 15 is 0 Å². The second kappa shape index (κ2) is 6.29. The molecule has 0 radical (unpaired) electrons. The van der Waals surface area contributed by atoms with Crippen LogP contribution >= 0.6 is 34.2 Å². The van der Waals surface area contributed by atoms with E-state index in [-0.39, 0.29) is 0 Å². The van der Waals surface area contributed by atoms with Crippen molar-refractivity contribution in [3.05, 3.63) is 50.4 Å². The summed E-state index contributed by atoms with van der Waals surface area (Å²) >= 11 is 8.30. The fourth-order valence-corrected chi connectivity index (χ4v) is 2.44. The lowest BCUT2D eigenvalue weighted by molar-refractivity contribution is 0.0600. The molecular formula is C13H11ClINO3. The van der Waals surface area contributed by atoms with Crippen LogP contribution < -0.4 is 5.32 Å². The van der Waals surface area contributed by atoms with Crippen LogP contribution in [0, 0.1) is 3.57 Å². The SMILES string of the molecule is COC(=O)c1coc(CNc2ccc(I)cc2Cl)c1. The van der Waals surface area contributed by atoms with Crippen LogP contribution in [0.4, 0.5) is 5.69 Å². The Morgan fingerprint density at radius 1 is 1.47 bits per heavy atom. The molecule has 0 aliphatic rings. The first kappa shape index (κ1) is 14.2. The molecule has 100 valence electrons. The largest absolute Gasteiger partial charge is 0.467 e. The maximum Gasteiger partial charge on any atom is 0.341 e. The Morgan fingerprint density at radius 3 is 2.95 bits per heavy atom. The van der Waals surface area contributed by atoms with Crippen molar-refractivity contribution in [2.45, 2.75) is 6.54 Å². The van der Waals surface area contributed by atoms with Gasteiger partial charge in [-0.25, -0.2) is 4.79 Å². The van der Waals surface area contributed by atoms with Crippen molar-refractivity contribution in [2.75, 3.05) is 12.4 Å². The third-order valence-corrected chi connectivity index (χ3v) is 3.44. The first-order chi connectivity index (χ1) is 9.10. The molecule has 1 aromatic heterocycles. The Morgan fingerprint density at radius 2 is 2.26 bits per heavy atom. The highest BCUT2D eigenvalue weighted by molar-refractivity contribution is 14.1. The molecule has 0 saturated heterocycles. The first-order valence-electron chi connectivity index (χ1n) is 5.45. The molecule has 2 rings (SSSR count). The van der Waals surface area contributed by atoms with Crippen LogP contribution in [0.5, 0.6) is 0 Å². The molecule has 0 spiro atoms. The third-order valence-electron chi connectivity index (χ3n) is 2.46. The van der Waals surface area contributed by atoms with Gasteiger partial charge in [-0.3, -0.25) is 0 Å². The van der Waals surface area contributed by atoms with E-state index < -0.39 is 5.97 Å². The Labute approximate surface area is 129 Å². The fraction of sp³-hybridized carbons (Fsp3) is 0.154. The van der Waals surface area contributed by atoms with Crippen LogP contribution in [0.2, 0.25) is 5.02 Å². The Kier molecular flexibility index (Phi) is 4.71. The molecule has 19 heavy (non-hydrogen) atoms. The number of rotatable bonds is 4. The molecule has 0 saturated carbocycles. The van der Waals surface area contributed by atoms with Crippen LogP contribution in [0.25, 0.3) is 0 Å². The lowest BCUT2D eigenvalue weighted by atomic mass is 10.3. The second-order valence-corrected chi connectivity index (χ2v) is 5.42. The summed E-state index contributed by atoms with van der Waals surface area (Å²) in [6.45, 7) is 0.442. The van der Waals surface area contributed by atoms with E-state index in [2.05, 4.69) is 32.6 Å². The average molecular weight is 392 g/mol. The summed E-state index contributed by atoms with van der Waals surface area (Å²) in [5.41, 5.74) is 1.21. The maximum atomic E-state index is 11.3. The van der Waals surface area contributed by atoms with Gasteiger partial charge in [-0.05, 0) is 46.9 Å². The summed E-state index contributed by atoms with van der Waals surface area (Å²) in [5.74, 6) is 0.220. The average Bonchev–Trinajstić information content (AvgIpc) is 2.85. The molecule has 1 N–H and O–H groups in total. The number of carbonyl (C=O) groups is 1. The van der Waals surface area contributed by atoms with Gasteiger partial charge in [0.25, 0.3) is 0 Å². The summed E-state index contributed by atoms with van der Waals surface area (Å²) < 4.78 is 10.9. The van der Waals surface area contributed by atoms with E-state index in [9.17, 15) is 4.79 Å². The van der Waals surface area contributed by atoms with E-state index in [1.807, 2.05) is 18.2 Å². The van der Waals surface area contributed by atoms with Crippen molar-refractivity contribution < 1.29 is 13.9 Å². The number of nitrogens with one attached hydrogen (secondary N) is 1. The second-order valence-electron chi connectivity index (χ2n) is 3.77. The number of furan rings is 1. The minimum Gasteiger partial charge on any atom is -0.467 e. The summed E-state index contributed by atoms with van der Waals surface area (Å²) in [4.78, 5) is 11.3. The molecule has 2 aromatic rings. The Hall–Kier alpha value is -1.21. The number of benzene rings is 1. The molecule has 0 amide bonds. The number of anilines is 1. The highest BCUT2D eigenvalue weighted by atomic mass is 127. The number of esters is 1. The van der Waals surface area contributed by atoms with Gasteiger partial charge in [0.2, 0.25) is 0 Å². The maximum absolute atomic E-state index is 11.3. The van der Waals surface area contributed by atoms with Crippen molar-refractivity contribution in [2.24, 2.45) is 0 Å². The van der Waals surface area contributed by atoms with Gasteiger partial charge in [0.15, 0.2) is 0 Å². The minimum atomic E-state index is -0.415. The highest BCUT2D eigenvalue weighted by Gasteiger charge is 2.10. The minimum absolute atomic E-state index is 0.396. The molecule has 0 aliphatic carbocycles. The van der Waals surface area contributed by atoms with Crippen LogP contribution in [-0.4, -0.2) is 13.1 Å². The van der Waals surface area contributed by atoms with Crippen LogP contribution in [0.15, 0.2) is 34.9 Å². The van der Waals surface area contributed by atoms with Crippen molar-refractivity contribution in [1.82, 2.24) is 0 Å². The summed E-state index contributed by atoms with van der Waals surface area (Å²) in [6, 6.07) is 7.36. The fourth-order valence-electron chi connectivity index (χ4n) is 1.51. The standard InChI is InChI=1S/C13H11ClINO3/c1-18-13(17)8-4-10(19-7-8)6-16-12-3-2-9(15)5-11(12)14/h2-5,7,16H,6H2,1H3. The molecule has 1 aromatic carbocycles. The molecule has 0 fully saturated rings. The van der Waals surface area contributed by atoms with Gasteiger partial charge in [-0.2, -0.15) is 0 Å². The number of hydrogen-bond donors (Lipinski definition) is 1. The van der Waals surface area contributed by atoms with Gasteiger partial charge in [0.1, 0.15) is 12.0 Å². The lowest BCUT2D eigenvalue weighted by Crippen LogP contribution is -2.00. The number of hydrogen-bond acceptors (Lipinski definition) is 4. The van der Waals surface area contributed by atoms with Gasteiger partial charge in [0.05, 0.1) is 29.9 Å². The topological polar surface area (TPSA) is 51.5 Å². The quantitative estimate of drug-likeness (QED) is 0.634. The molecule has 6 heteroatoms. The smallest absolute Gasteiger partial charge is 0.341 e. The van der Waals surface area contributed by atoms with E-state index in [1.165, 1.54) is 13.4 Å². The zero-order chi connectivity index (χ0) is 13.8. The Balaban J connectivity index is 2.02. The van der Waals surface area contributed by atoms with Gasteiger partial charge in [0, 0.05) is 3.57 Å². The number of methoxy groups -OCH3 is 1. The third kappa shape index (κ3) is 3.63. The van der Waals surface area contributed by atoms with Crippen molar-refractivity contribution in [3.63, 3.8) is 0 Å². The van der Waals surface area contributed by atoms with E-state index in [1.54, 1.807) is 6.07 Å². The first-order valence-corrected chi connectivity index (χ1v) is 6.90. The molecular weight excluding hydrogens is 381 g/mol. The predicted molar refractivity (Wildman–Crippen MR) is 81.5 cm³/mol. The van der Waals surface area contributed by atoms with Gasteiger partial charge in [-0.1, -0.05) is 11.6 Å². The molecule has 0 aliphatic heterocycles. The van der Waals surface area contributed by atoms with Crippen molar-refractivity contribution in [1.29, 1.82) is 0 Å². The van der Waals surface area contributed by atoms with Crippen LogP contribution in [0.1, 0.15) is 16.1 Å². The number of carbonyl (C=O) groups excluding carboxylic acids is 1. The van der Waals surface area contributed by atoms with Crippen molar-refractivity contribution in [3.8, 4) is 0 Å². The van der Waals surface area contributed by atoms with Gasteiger partial charge < -0.3 is 14.5 Å². The predicted octanol–water partition coefficient (Wildman–Crippen LogP) is 3.94. The van der Waals surface area contributed by atoms with Gasteiger partial charge in [-0.15, -0.1) is 0 Å². The monoisotopic (exact) mass is 391 g/mol. The number of ether oxygens (including phenoxy) is 1. The molecule has 0 atom stereocenters. The molecule has 4 nitrogen and oxygen atoms in total. The van der Waals surface area contributed by atoms with E-state index in [4.69, 9.17) is 16.0 Å². The molecule has 0 unspecified atom stereocenters. The summed E-state index contributed by atoms with van der Waals surface area (Å²) in [7, 11) is 1.33. The summed E-state index contributed by atoms with van der Waals surface area (Å²) in [6.07, 6.45) is 1.37. The van der Waals surface area contributed by atoms with E-state index in [0.717, 1.165) is 9.26 Å².